The van der Waals surface area contributed by atoms with Crippen LogP contribution in [0.25, 0.3) is 0 Å². The van der Waals surface area contributed by atoms with E-state index >= 15 is 0 Å². The second-order valence-corrected chi connectivity index (χ2v) is 6.88. The van der Waals surface area contributed by atoms with Crippen LogP contribution >= 0.6 is 11.6 Å². The molecule has 0 radical (unpaired) electrons. The fourth-order valence-electron chi connectivity index (χ4n) is 2.03. The smallest absolute Gasteiger partial charge is 0.255 e. The molecule has 1 aromatic rings. The zero-order valence-electron chi connectivity index (χ0n) is 10.5. The Hall–Kier alpha value is -1.11. The van der Waals surface area contributed by atoms with Crippen molar-refractivity contribution in [2.24, 2.45) is 0 Å². The standard InChI is InChI=1S/C12H15ClN2O3S/c1-19(17,18)11-3-2-9(13)8-10(11)12(16)15-6-4-14-5-7-15/h2-3,8,14H,4-7H2,1H3. The molecule has 5 nitrogen and oxygen atoms in total. The zero-order chi connectivity index (χ0) is 14.0. The highest BCUT2D eigenvalue weighted by atomic mass is 35.5. The number of sulfone groups is 1. The third-order valence-electron chi connectivity index (χ3n) is 2.98. The topological polar surface area (TPSA) is 66.5 Å². The van der Waals surface area contributed by atoms with Gasteiger partial charge in [-0.1, -0.05) is 11.6 Å². The van der Waals surface area contributed by atoms with E-state index in [1.165, 1.54) is 18.2 Å². The largest absolute Gasteiger partial charge is 0.336 e. The van der Waals surface area contributed by atoms with Gasteiger partial charge in [-0.15, -0.1) is 0 Å². The highest BCUT2D eigenvalue weighted by Crippen LogP contribution is 2.22. The summed E-state index contributed by atoms with van der Waals surface area (Å²) in [6.45, 7) is 2.55. The van der Waals surface area contributed by atoms with Crippen molar-refractivity contribution < 1.29 is 13.2 Å². The van der Waals surface area contributed by atoms with E-state index in [2.05, 4.69) is 5.32 Å². The molecule has 0 aliphatic carbocycles. The van der Waals surface area contributed by atoms with Gasteiger partial charge in [-0.25, -0.2) is 8.42 Å². The van der Waals surface area contributed by atoms with Crippen molar-refractivity contribution in [3.8, 4) is 0 Å². The monoisotopic (exact) mass is 302 g/mol. The lowest BCUT2D eigenvalue weighted by molar-refractivity contribution is 0.0732. The molecule has 0 aromatic heterocycles. The average Bonchev–Trinajstić information content (AvgIpc) is 2.37. The number of rotatable bonds is 2. The van der Waals surface area contributed by atoms with Gasteiger partial charge in [0.25, 0.3) is 5.91 Å². The SMILES string of the molecule is CS(=O)(=O)c1ccc(Cl)cc1C(=O)N1CCNCC1. The van der Waals surface area contributed by atoms with E-state index in [1.807, 2.05) is 0 Å². The Morgan fingerprint density at radius 1 is 1.32 bits per heavy atom. The number of hydrogen-bond donors (Lipinski definition) is 1. The van der Waals surface area contributed by atoms with Crippen LogP contribution in [-0.2, 0) is 9.84 Å². The van der Waals surface area contributed by atoms with Crippen molar-refractivity contribution in [3.63, 3.8) is 0 Å². The van der Waals surface area contributed by atoms with Crippen LogP contribution in [0.2, 0.25) is 5.02 Å². The maximum absolute atomic E-state index is 12.4. The maximum Gasteiger partial charge on any atom is 0.255 e. The fraction of sp³-hybridized carbons (Fsp3) is 0.417. The molecule has 1 aliphatic rings. The van der Waals surface area contributed by atoms with E-state index in [-0.39, 0.29) is 16.4 Å². The maximum atomic E-state index is 12.4. The third kappa shape index (κ3) is 3.26. The summed E-state index contributed by atoms with van der Waals surface area (Å²) in [5.41, 5.74) is 0.150. The summed E-state index contributed by atoms with van der Waals surface area (Å²) in [6.07, 6.45) is 1.09. The molecule has 1 N–H and O–H groups in total. The second kappa shape index (κ2) is 5.48. The van der Waals surface area contributed by atoms with E-state index in [9.17, 15) is 13.2 Å². The van der Waals surface area contributed by atoms with Crippen molar-refractivity contribution in [1.29, 1.82) is 0 Å². The molecule has 0 atom stereocenters. The first-order chi connectivity index (χ1) is 8.89. The molecule has 1 saturated heterocycles. The van der Waals surface area contributed by atoms with Crippen LogP contribution in [0.5, 0.6) is 0 Å². The molecule has 0 bridgehead atoms. The van der Waals surface area contributed by atoms with E-state index in [1.54, 1.807) is 4.90 Å². The van der Waals surface area contributed by atoms with Gasteiger partial charge in [-0.2, -0.15) is 0 Å². The van der Waals surface area contributed by atoms with E-state index in [0.717, 1.165) is 6.26 Å². The minimum Gasteiger partial charge on any atom is -0.336 e. The van der Waals surface area contributed by atoms with Gasteiger partial charge in [0.05, 0.1) is 10.5 Å². The van der Waals surface area contributed by atoms with Gasteiger partial charge in [0, 0.05) is 37.5 Å². The van der Waals surface area contributed by atoms with Gasteiger partial charge in [0.15, 0.2) is 9.84 Å². The number of piperazine rings is 1. The van der Waals surface area contributed by atoms with Crippen molar-refractivity contribution >= 4 is 27.3 Å². The predicted molar refractivity (Wildman–Crippen MR) is 73.3 cm³/mol. The molecule has 7 heteroatoms. The first-order valence-electron chi connectivity index (χ1n) is 5.89. The fourth-order valence-corrected chi connectivity index (χ4v) is 3.06. The van der Waals surface area contributed by atoms with Crippen LogP contribution in [0.4, 0.5) is 0 Å². The van der Waals surface area contributed by atoms with E-state index in [0.29, 0.717) is 31.2 Å². The van der Waals surface area contributed by atoms with Gasteiger partial charge in [-0.3, -0.25) is 4.79 Å². The zero-order valence-corrected chi connectivity index (χ0v) is 12.1. The Balaban J connectivity index is 2.42. The van der Waals surface area contributed by atoms with Gasteiger partial charge < -0.3 is 10.2 Å². The Bertz CT molecular complexity index is 595. The number of carbonyl (C=O) groups excluding carboxylic acids is 1. The molecule has 2 rings (SSSR count). The Morgan fingerprint density at radius 3 is 2.53 bits per heavy atom. The third-order valence-corrected chi connectivity index (χ3v) is 4.37. The summed E-state index contributed by atoms with van der Waals surface area (Å²) in [5, 5.41) is 3.49. The molecule has 1 aliphatic heterocycles. The van der Waals surface area contributed by atoms with Crippen LogP contribution in [0.3, 0.4) is 0 Å². The van der Waals surface area contributed by atoms with Crippen molar-refractivity contribution in [2.45, 2.75) is 4.90 Å². The summed E-state index contributed by atoms with van der Waals surface area (Å²) in [6, 6.07) is 4.28. The number of halogens is 1. The van der Waals surface area contributed by atoms with Gasteiger partial charge in [0.1, 0.15) is 0 Å². The Morgan fingerprint density at radius 2 is 1.95 bits per heavy atom. The minimum atomic E-state index is -3.46. The number of carbonyl (C=O) groups is 1. The molecule has 1 fully saturated rings. The average molecular weight is 303 g/mol. The number of benzene rings is 1. The van der Waals surface area contributed by atoms with Crippen LogP contribution in [0.15, 0.2) is 23.1 Å². The lowest BCUT2D eigenvalue weighted by Crippen LogP contribution is -2.46. The highest BCUT2D eigenvalue weighted by Gasteiger charge is 2.24. The number of nitrogens with one attached hydrogen (secondary N) is 1. The first-order valence-corrected chi connectivity index (χ1v) is 8.16. The molecule has 19 heavy (non-hydrogen) atoms. The van der Waals surface area contributed by atoms with Crippen molar-refractivity contribution in [1.82, 2.24) is 10.2 Å². The Kier molecular flexibility index (Phi) is 4.13. The van der Waals surface area contributed by atoms with Crippen LogP contribution in [-0.4, -0.2) is 51.7 Å². The molecule has 0 saturated carbocycles. The molecular weight excluding hydrogens is 288 g/mol. The molecule has 1 heterocycles. The summed E-state index contributed by atoms with van der Waals surface area (Å²) < 4.78 is 23.5. The van der Waals surface area contributed by atoms with Gasteiger partial charge in [0.2, 0.25) is 0 Å². The summed E-state index contributed by atoms with van der Waals surface area (Å²) in [5.74, 6) is -0.288. The highest BCUT2D eigenvalue weighted by molar-refractivity contribution is 7.90. The minimum absolute atomic E-state index is 0.0282. The van der Waals surface area contributed by atoms with Gasteiger partial charge >= 0.3 is 0 Å². The van der Waals surface area contributed by atoms with Crippen molar-refractivity contribution in [2.75, 3.05) is 32.4 Å². The van der Waals surface area contributed by atoms with Crippen LogP contribution in [0.1, 0.15) is 10.4 Å². The lowest BCUT2D eigenvalue weighted by atomic mass is 10.2. The molecular formula is C12H15ClN2O3S. The molecule has 104 valence electrons. The summed E-state index contributed by atoms with van der Waals surface area (Å²) in [4.78, 5) is 14.1. The normalized spacial score (nSPS) is 16.4. The quantitative estimate of drug-likeness (QED) is 0.877. The summed E-state index contributed by atoms with van der Waals surface area (Å²) >= 11 is 5.87. The van der Waals surface area contributed by atoms with Gasteiger partial charge in [-0.05, 0) is 18.2 Å². The predicted octanol–water partition coefficient (Wildman–Crippen LogP) is 0.789. The first kappa shape index (κ1) is 14.3. The molecule has 0 unspecified atom stereocenters. The molecule has 1 amide bonds. The molecule has 1 aromatic carbocycles. The molecule has 0 spiro atoms. The Labute approximate surface area is 117 Å². The van der Waals surface area contributed by atoms with Crippen LogP contribution < -0.4 is 5.32 Å². The second-order valence-electron chi connectivity index (χ2n) is 4.45. The van der Waals surface area contributed by atoms with E-state index in [4.69, 9.17) is 11.6 Å². The number of nitrogens with zero attached hydrogens (tertiary/aromatic N) is 1. The van der Waals surface area contributed by atoms with E-state index < -0.39 is 9.84 Å². The number of hydrogen-bond acceptors (Lipinski definition) is 4. The number of amides is 1. The summed E-state index contributed by atoms with van der Waals surface area (Å²) in [7, 11) is -3.46. The van der Waals surface area contributed by atoms with Crippen LogP contribution in [0, 0.1) is 0 Å². The van der Waals surface area contributed by atoms with Crippen molar-refractivity contribution in [3.05, 3.63) is 28.8 Å². The lowest BCUT2D eigenvalue weighted by Gasteiger charge is -2.28.